The minimum absolute atomic E-state index is 0.0453. The molecule has 3 aliphatic heterocycles. The summed E-state index contributed by atoms with van der Waals surface area (Å²) in [6, 6.07) is 8.18. The number of piperidine rings is 1. The van der Waals surface area contributed by atoms with E-state index >= 15 is 0 Å². The summed E-state index contributed by atoms with van der Waals surface area (Å²) < 4.78 is 61.7. The summed E-state index contributed by atoms with van der Waals surface area (Å²) in [6.45, 7) is 8.31. The van der Waals surface area contributed by atoms with Crippen molar-refractivity contribution in [1.82, 2.24) is 19.4 Å². The maximum atomic E-state index is 14.0. The molecule has 6 rings (SSSR count). The van der Waals surface area contributed by atoms with Crippen molar-refractivity contribution in [1.29, 1.82) is 0 Å². The molecule has 2 fully saturated rings. The van der Waals surface area contributed by atoms with Gasteiger partial charge in [0.25, 0.3) is 5.91 Å². The molecule has 1 aromatic heterocycles. The third kappa shape index (κ3) is 6.55. The van der Waals surface area contributed by atoms with E-state index in [2.05, 4.69) is 37.7 Å². The van der Waals surface area contributed by atoms with Gasteiger partial charge in [0.1, 0.15) is 11.6 Å². The second kappa shape index (κ2) is 12.3. The number of H-pyrrole nitrogens is 1. The number of hydrogen-bond acceptors (Lipinski definition) is 8. The Morgan fingerprint density at radius 3 is 2.42 bits per heavy atom. The van der Waals surface area contributed by atoms with Crippen LogP contribution in [0.4, 0.5) is 26.0 Å². The first-order chi connectivity index (χ1) is 21.4. The van der Waals surface area contributed by atoms with Crippen LogP contribution >= 0.6 is 0 Å². The fourth-order valence-corrected chi connectivity index (χ4v) is 7.96. The maximum absolute atomic E-state index is 14.0. The Bertz CT molecular complexity index is 1660. The highest BCUT2D eigenvalue weighted by atomic mass is 32.2. The van der Waals surface area contributed by atoms with Crippen LogP contribution in [0.25, 0.3) is 0 Å². The molecule has 0 bridgehead atoms. The van der Waals surface area contributed by atoms with E-state index < -0.39 is 37.9 Å². The molecule has 0 spiro atoms. The number of aromatic nitrogens is 2. The smallest absolute Gasteiger partial charge is 0.258 e. The van der Waals surface area contributed by atoms with Gasteiger partial charge >= 0.3 is 0 Å². The molecule has 1 amide bonds. The number of amides is 1. The van der Waals surface area contributed by atoms with Crippen LogP contribution in [-0.4, -0.2) is 92.8 Å². The summed E-state index contributed by atoms with van der Waals surface area (Å²) in [5.74, 6) is -2.15. The Hall–Kier alpha value is -3.59. The molecule has 3 N–H and O–H groups in total. The number of rotatable bonds is 7. The number of hydrogen-bond donors (Lipinski definition) is 3. The van der Waals surface area contributed by atoms with Crippen LogP contribution in [0.15, 0.2) is 41.3 Å². The number of carbonyl (C=O) groups excluding carboxylic acids is 1. The first-order valence-electron chi connectivity index (χ1n) is 15.2. The second-order valence-corrected chi connectivity index (χ2v) is 14.6. The fourth-order valence-electron chi connectivity index (χ4n) is 6.35. The van der Waals surface area contributed by atoms with E-state index in [-0.39, 0.29) is 24.9 Å². The van der Waals surface area contributed by atoms with Gasteiger partial charge in [0, 0.05) is 66.3 Å². The van der Waals surface area contributed by atoms with Gasteiger partial charge in [-0.25, -0.2) is 17.2 Å². The molecule has 45 heavy (non-hydrogen) atoms. The Kier molecular flexibility index (Phi) is 8.59. The first kappa shape index (κ1) is 31.4. The zero-order valence-electron chi connectivity index (χ0n) is 25.7. The molecule has 4 heterocycles. The van der Waals surface area contributed by atoms with E-state index in [1.54, 1.807) is 6.07 Å². The Balaban J connectivity index is 1.28. The normalized spacial score (nSPS) is 19.7. The number of nitrogens with zero attached hydrogens (tertiary/aromatic N) is 4. The Morgan fingerprint density at radius 2 is 1.73 bits per heavy atom. The van der Waals surface area contributed by atoms with Gasteiger partial charge in [-0.05, 0) is 63.3 Å². The molecule has 3 aromatic rings. The van der Waals surface area contributed by atoms with Crippen molar-refractivity contribution in [2.24, 2.45) is 0 Å². The molecular formula is C31H39F2N7O4S. The van der Waals surface area contributed by atoms with Crippen molar-refractivity contribution < 1.29 is 26.7 Å². The first-order valence-corrected chi connectivity index (χ1v) is 16.6. The van der Waals surface area contributed by atoms with E-state index in [0.29, 0.717) is 41.8 Å². The van der Waals surface area contributed by atoms with E-state index in [4.69, 9.17) is 4.74 Å². The van der Waals surface area contributed by atoms with Crippen LogP contribution in [0.2, 0.25) is 0 Å². The highest BCUT2D eigenvalue weighted by Gasteiger charge is 2.41. The van der Waals surface area contributed by atoms with Gasteiger partial charge in [-0.1, -0.05) is 13.8 Å². The van der Waals surface area contributed by atoms with Gasteiger partial charge in [0.15, 0.2) is 5.82 Å². The summed E-state index contributed by atoms with van der Waals surface area (Å²) in [5.41, 5.74) is 2.60. The number of benzene rings is 2. The van der Waals surface area contributed by atoms with Crippen LogP contribution < -0.4 is 15.5 Å². The average molecular weight is 644 g/mol. The molecule has 0 saturated carbocycles. The number of nitrogens with one attached hydrogen (secondary N) is 3. The molecule has 0 radical (unpaired) electrons. The van der Waals surface area contributed by atoms with Crippen LogP contribution in [0.5, 0.6) is 0 Å². The fraction of sp³-hybridized carbons (Fsp3) is 0.484. The lowest BCUT2D eigenvalue weighted by Gasteiger charge is -2.37. The van der Waals surface area contributed by atoms with Crippen molar-refractivity contribution in [3.63, 3.8) is 0 Å². The average Bonchev–Trinajstić information content (AvgIpc) is 3.41. The third-order valence-electron chi connectivity index (χ3n) is 8.86. The lowest BCUT2D eigenvalue weighted by atomic mass is 9.84. The largest absolute Gasteiger partial charge is 0.382 e. The zero-order valence-corrected chi connectivity index (χ0v) is 26.5. The van der Waals surface area contributed by atoms with Gasteiger partial charge in [-0.2, -0.15) is 9.40 Å². The van der Waals surface area contributed by atoms with E-state index in [1.165, 1.54) is 4.31 Å². The van der Waals surface area contributed by atoms with Crippen molar-refractivity contribution in [2.45, 2.75) is 49.6 Å². The summed E-state index contributed by atoms with van der Waals surface area (Å²) in [4.78, 5) is 17.9. The molecule has 2 saturated heterocycles. The molecule has 242 valence electrons. The number of ether oxygens (including phenoxy) is 1. The molecule has 11 nitrogen and oxygen atoms in total. The molecular weight excluding hydrogens is 604 g/mol. The highest BCUT2D eigenvalue weighted by molar-refractivity contribution is 7.89. The Morgan fingerprint density at radius 1 is 1.04 bits per heavy atom. The standard InChI is InChI=1S/C31H39F2N7O4S/c1-31(2)19-40(45(42,43)24-15-20(32)14-21(33)16-24)18-26-28(31)36-37-29(26)35-30(41)25-5-4-23(39-10-12-44-13-11-39)17-27(25)34-22-6-8-38(3)9-7-22/h4-5,14-17,22,34H,6-13,18-19H2,1-3H3,(H2,35,36,37,41). The van der Waals surface area contributed by atoms with E-state index in [9.17, 15) is 22.0 Å². The lowest BCUT2D eigenvalue weighted by molar-refractivity contribution is 0.102. The zero-order chi connectivity index (χ0) is 31.9. The minimum atomic E-state index is -4.27. The minimum Gasteiger partial charge on any atom is -0.382 e. The summed E-state index contributed by atoms with van der Waals surface area (Å²) in [6.07, 6.45) is 1.89. The quantitative estimate of drug-likeness (QED) is 0.356. The predicted octanol–water partition coefficient (Wildman–Crippen LogP) is 3.77. The number of morpholine rings is 1. The number of anilines is 3. The van der Waals surface area contributed by atoms with Crippen molar-refractivity contribution in [3.8, 4) is 0 Å². The summed E-state index contributed by atoms with van der Waals surface area (Å²) in [7, 11) is -2.17. The Labute approximate surface area is 262 Å². The topological polar surface area (TPSA) is 123 Å². The second-order valence-electron chi connectivity index (χ2n) is 12.7. The maximum Gasteiger partial charge on any atom is 0.258 e. The number of fused-ring (bicyclic) bond motifs is 1. The number of carbonyl (C=O) groups is 1. The van der Waals surface area contributed by atoms with Gasteiger partial charge < -0.3 is 25.2 Å². The third-order valence-corrected chi connectivity index (χ3v) is 10.6. The number of likely N-dealkylation sites (tertiary alicyclic amines) is 1. The SMILES string of the molecule is CN1CCC(Nc2cc(N3CCOCC3)ccc2C(=O)Nc2n[nH]c3c2CN(S(=O)(=O)c2cc(F)cc(F)c2)CC3(C)C)CC1. The van der Waals surface area contributed by atoms with E-state index in [0.717, 1.165) is 56.8 Å². The van der Waals surface area contributed by atoms with Crippen LogP contribution in [0.1, 0.15) is 48.3 Å². The van der Waals surface area contributed by atoms with Crippen LogP contribution in [0.3, 0.4) is 0 Å². The molecule has 0 atom stereocenters. The van der Waals surface area contributed by atoms with Gasteiger partial charge in [0.05, 0.1) is 23.7 Å². The van der Waals surface area contributed by atoms with Crippen molar-refractivity contribution in [3.05, 3.63) is 64.9 Å². The number of halogens is 2. The van der Waals surface area contributed by atoms with Gasteiger partial charge in [-0.3, -0.25) is 9.89 Å². The summed E-state index contributed by atoms with van der Waals surface area (Å²) in [5, 5.41) is 13.9. The molecule has 0 aliphatic carbocycles. The predicted molar refractivity (Wildman–Crippen MR) is 167 cm³/mol. The molecule has 0 unspecified atom stereocenters. The number of aromatic amines is 1. The van der Waals surface area contributed by atoms with Gasteiger partial charge in [0.2, 0.25) is 10.0 Å². The van der Waals surface area contributed by atoms with Gasteiger partial charge in [-0.15, -0.1) is 0 Å². The van der Waals surface area contributed by atoms with E-state index in [1.807, 2.05) is 26.0 Å². The molecule has 3 aliphatic rings. The molecule has 2 aromatic carbocycles. The van der Waals surface area contributed by atoms with Crippen LogP contribution in [-0.2, 0) is 26.7 Å². The summed E-state index contributed by atoms with van der Waals surface area (Å²) >= 11 is 0. The van der Waals surface area contributed by atoms with Crippen molar-refractivity contribution in [2.75, 3.05) is 68.5 Å². The lowest BCUT2D eigenvalue weighted by Crippen LogP contribution is -2.45. The van der Waals surface area contributed by atoms with Crippen molar-refractivity contribution >= 4 is 33.1 Å². The monoisotopic (exact) mass is 643 g/mol. The molecule has 14 heteroatoms. The highest BCUT2D eigenvalue weighted by Crippen LogP contribution is 2.38. The van der Waals surface area contributed by atoms with Crippen LogP contribution in [0, 0.1) is 11.6 Å². The number of sulfonamides is 1.